The predicted octanol–water partition coefficient (Wildman–Crippen LogP) is 2.11. The first-order chi connectivity index (χ1) is 18.2. The molecule has 1 aromatic heterocycles. The van der Waals surface area contributed by atoms with E-state index in [-0.39, 0.29) is 35.9 Å². The van der Waals surface area contributed by atoms with E-state index in [1.54, 1.807) is 24.4 Å². The summed E-state index contributed by atoms with van der Waals surface area (Å²) < 4.78 is 1.94. The van der Waals surface area contributed by atoms with Gasteiger partial charge in [0.2, 0.25) is 17.7 Å². The van der Waals surface area contributed by atoms with Gasteiger partial charge in [0.25, 0.3) is 11.8 Å². The fourth-order valence-electron chi connectivity index (χ4n) is 5.39. The summed E-state index contributed by atoms with van der Waals surface area (Å²) in [5, 5.41) is 9.99. The molecule has 0 radical (unpaired) electrons. The van der Waals surface area contributed by atoms with Crippen molar-refractivity contribution in [2.24, 2.45) is 5.92 Å². The number of amides is 5. The topological polar surface area (TPSA) is 134 Å². The van der Waals surface area contributed by atoms with Gasteiger partial charge in [0.1, 0.15) is 6.04 Å². The van der Waals surface area contributed by atoms with Crippen LogP contribution < -0.4 is 10.6 Å². The fraction of sp³-hybridized carbons (Fsp3) is 0.481. The number of carbonyl (C=O) groups is 5. The lowest BCUT2D eigenvalue weighted by atomic mass is 10.0. The van der Waals surface area contributed by atoms with Gasteiger partial charge in [0.15, 0.2) is 0 Å². The fourth-order valence-corrected chi connectivity index (χ4v) is 5.39. The van der Waals surface area contributed by atoms with Crippen molar-refractivity contribution in [2.75, 3.05) is 18.4 Å². The van der Waals surface area contributed by atoms with Gasteiger partial charge in [0.05, 0.1) is 23.4 Å². The number of aromatic nitrogens is 2. The molecular formula is C27H32N6O5. The number of likely N-dealkylation sites (tertiary alicyclic amines) is 1. The minimum atomic E-state index is -1.00. The highest BCUT2D eigenvalue weighted by atomic mass is 16.2. The molecule has 0 bridgehead atoms. The molecule has 11 heteroatoms. The molecule has 1 atom stereocenters. The van der Waals surface area contributed by atoms with E-state index in [4.69, 9.17) is 0 Å². The van der Waals surface area contributed by atoms with Crippen molar-refractivity contribution in [1.82, 2.24) is 24.9 Å². The number of rotatable bonds is 7. The van der Waals surface area contributed by atoms with Crippen LogP contribution in [-0.4, -0.2) is 68.2 Å². The summed E-state index contributed by atoms with van der Waals surface area (Å²) in [5.74, 6) is -1.56. The summed E-state index contributed by atoms with van der Waals surface area (Å²) in [6.45, 7) is 5.94. The summed E-state index contributed by atoms with van der Waals surface area (Å²) in [4.78, 5) is 65.4. The monoisotopic (exact) mass is 520 g/mol. The molecule has 5 amide bonds. The van der Waals surface area contributed by atoms with Crippen molar-refractivity contribution in [3.05, 3.63) is 47.3 Å². The highest BCUT2D eigenvalue weighted by Crippen LogP contribution is 2.32. The first-order valence-corrected chi connectivity index (χ1v) is 13.1. The molecule has 3 aliphatic rings. The Labute approximate surface area is 220 Å². The van der Waals surface area contributed by atoms with Gasteiger partial charge in [0, 0.05) is 49.9 Å². The molecule has 0 saturated carbocycles. The van der Waals surface area contributed by atoms with Crippen LogP contribution in [0.2, 0.25) is 0 Å². The summed E-state index contributed by atoms with van der Waals surface area (Å²) >= 11 is 0. The quantitative estimate of drug-likeness (QED) is 0.534. The number of fused-ring (bicyclic) bond motifs is 1. The number of carbonyl (C=O) groups excluding carboxylic acids is 5. The largest absolute Gasteiger partial charge is 0.380 e. The summed E-state index contributed by atoms with van der Waals surface area (Å²) in [6, 6.07) is 4.21. The van der Waals surface area contributed by atoms with Gasteiger partial charge < -0.3 is 10.2 Å². The molecule has 2 aromatic rings. The van der Waals surface area contributed by atoms with Crippen LogP contribution in [0.15, 0.2) is 30.6 Å². The molecule has 5 rings (SSSR count). The van der Waals surface area contributed by atoms with E-state index in [1.807, 2.05) is 15.8 Å². The second-order valence-electron chi connectivity index (χ2n) is 10.6. The van der Waals surface area contributed by atoms with E-state index in [0.29, 0.717) is 24.6 Å². The average molecular weight is 521 g/mol. The third-order valence-electron chi connectivity index (χ3n) is 7.38. The highest BCUT2D eigenvalue weighted by Gasteiger charge is 2.45. The van der Waals surface area contributed by atoms with E-state index < -0.39 is 29.7 Å². The Bertz CT molecular complexity index is 1290. The van der Waals surface area contributed by atoms with Crippen LogP contribution in [0.4, 0.5) is 5.69 Å². The average Bonchev–Trinajstić information content (AvgIpc) is 3.46. The summed E-state index contributed by atoms with van der Waals surface area (Å²) in [6.07, 6.45) is 6.19. The molecule has 0 aliphatic carbocycles. The Morgan fingerprint density at radius 3 is 2.58 bits per heavy atom. The van der Waals surface area contributed by atoms with Crippen LogP contribution >= 0.6 is 0 Å². The van der Waals surface area contributed by atoms with Crippen LogP contribution in [0.3, 0.4) is 0 Å². The Morgan fingerprint density at radius 1 is 1.11 bits per heavy atom. The van der Waals surface area contributed by atoms with Crippen molar-refractivity contribution in [2.45, 2.75) is 64.6 Å². The number of hydrogen-bond acceptors (Lipinski definition) is 7. The molecule has 1 unspecified atom stereocenters. The van der Waals surface area contributed by atoms with Crippen molar-refractivity contribution in [3.63, 3.8) is 0 Å². The predicted molar refractivity (Wildman–Crippen MR) is 137 cm³/mol. The van der Waals surface area contributed by atoms with Crippen LogP contribution in [0.5, 0.6) is 0 Å². The molecule has 200 valence electrons. The standard InChI is InChI=1S/C27H32N6O5/c1-16(2)12-23(35)31-10-8-18(9-11-31)32-15-17(14-29-32)13-28-20-5-3-4-19-24(20)27(38)33(26(19)37)21-6-7-22(34)30-25(21)36/h3-5,14-16,18,21,28H,6-13H2,1-2H3,(H,30,34,36). The van der Waals surface area contributed by atoms with Crippen molar-refractivity contribution in [1.29, 1.82) is 0 Å². The Balaban J connectivity index is 1.22. The van der Waals surface area contributed by atoms with Gasteiger partial charge in [-0.3, -0.25) is 38.9 Å². The summed E-state index contributed by atoms with van der Waals surface area (Å²) in [7, 11) is 0. The first-order valence-electron chi connectivity index (χ1n) is 13.1. The molecular weight excluding hydrogens is 488 g/mol. The normalized spacial score (nSPS) is 20.2. The van der Waals surface area contributed by atoms with Crippen LogP contribution in [-0.2, 0) is 20.9 Å². The molecule has 2 fully saturated rings. The smallest absolute Gasteiger partial charge is 0.264 e. The number of anilines is 1. The Morgan fingerprint density at radius 2 is 1.87 bits per heavy atom. The number of hydrogen-bond donors (Lipinski definition) is 2. The number of nitrogens with one attached hydrogen (secondary N) is 2. The number of nitrogens with zero attached hydrogens (tertiary/aromatic N) is 4. The van der Waals surface area contributed by atoms with E-state index >= 15 is 0 Å². The van der Waals surface area contributed by atoms with E-state index in [2.05, 4.69) is 29.6 Å². The van der Waals surface area contributed by atoms with E-state index in [9.17, 15) is 24.0 Å². The Kier molecular flexibility index (Phi) is 7.00. The maximum Gasteiger partial charge on any atom is 0.264 e. The molecule has 1 aromatic carbocycles. The van der Waals surface area contributed by atoms with Gasteiger partial charge in [-0.05, 0) is 37.3 Å². The second-order valence-corrected chi connectivity index (χ2v) is 10.6. The lowest BCUT2D eigenvalue weighted by molar-refractivity contribution is -0.136. The molecule has 0 spiro atoms. The van der Waals surface area contributed by atoms with Gasteiger partial charge in [-0.15, -0.1) is 0 Å². The maximum atomic E-state index is 13.3. The zero-order valence-corrected chi connectivity index (χ0v) is 21.6. The third kappa shape index (κ3) is 4.92. The molecule has 2 N–H and O–H groups in total. The third-order valence-corrected chi connectivity index (χ3v) is 7.38. The van der Waals surface area contributed by atoms with E-state index in [1.165, 1.54) is 0 Å². The van der Waals surface area contributed by atoms with Crippen molar-refractivity contribution < 1.29 is 24.0 Å². The van der Waals surface area contributed by atoms with Crippen molar-refractivity contribution in [3.8, 4) is 0 Å². The molecule has 3 aliphatic heterocycles. The molecule has 11 nitrogen and oxygen atoms in total. The second kappa shape index (κ2) is 10.4. The maximum absolute atomic E-state index is 13.3. The van der Waals surface area contributed by atoms with Gasteiger partial charge >= 0.3 is 0 Å². The Hall–Kier alpha value is -4.02. The van der Waals surface area contributed by atoms with Crippen LogP contribution in [0.1, 0.15) is 78.3 Å². The van der Waals surface area contributed by atoms with Crippen LogP contribution in [0.25, 0.3) is 0 Å². The van der Waals surface area contributed by atoms with Crippen LogP contribution in [0, 0.1) is 5.92 Å². The lowest BCUT2D eigenvalue weighted by Crippen LogP contribution is -2.54. The van der Waals surface area contributed by atoms with Gasteiger partial charge in [-0.25, -0.2) is 0 Å². The zero-order valence-electron chi connectivity index (χ0n) is 21.6. The minimum Gasteiger partial charge on any atom is -0.380 e. The van der Waals surface area contributed by atoms with Gasteiger partial charge in [-0.2, -0.15) is 5.10 Å². The van der Waals surface area contributed by atoms with Gasteiger partial charge in [-0.1, -0.05) is 19.9 Å². The summed E-state index contributed by atoms with van der Waals surface area (Å²) in [5.41, 5.74) is 1.88. The zero-order chi connectivity index (χ0) is 27.0. The number of benzene rings is 1. The molecule has 4 heterocycles. The minimum absolute atomic E-state index is 0.0756. The van der Waals surface area contributed by atoms with E-state index in [0.717, 1.165) is 36.4 Å². The lowest BCUT2D eigenvalue weighted by Gasteiger charge is -2.32. The number of piperidine rings is 2. The SMILES string of the molecule is CC(C)CC(=O)N1CCC(n2cc(CNc3cccc4c3C(=O)N(C3CCC(=O)NC3=O)C4=O)cn2)CC1. The highest BCUT2D eigenvalue weighted by molar-refractivity contribution is 6.25. The first kappa shape index (κ1) is 25.6. The number of imide groups is 2. The van der Waals surface area contributed by atoms with Crippen molar-refractivity contribution >= 4 is 35.2 Å². The molecule has 2 saturated heterocycles. The molecule has 38 heavy (non-hydrogen) atoms.